The molecule has 0 unspecified atom stereocenters. The molecule has 0 aromatic heterocycles. The van der Waals surface area contributed by atoms with Crippen molar-refractivity contribution in [3.05, 3.63) is 29.8 Å². The Balaban J connectivity index is 3.15. The minimum Gasteiger partial charge on any atom is -0.294 e. The van der Waals surface area contributed by atoms with Crippen LogP contribution >= 0.6 is 0 Å². The van der Waals surface area contributed by atoms with Gasteiger partial charge in [0.05, 0.1) is 5.69 Å². The summed E-state index contributed by atoms with van der Waals surface area (Å²) in [6, 6.07) is 6.02. The monoisotopic (exact) mass is 215 g/mol. The lowest BCUT2D eigenvalue weighted by Gasteiger charge is -2.06. The maximum Gasteiger partial charge on any atom is 0.357 e. The first-order valence-corrected chi connectivity index (χ1v) is 5.19. The second-order valence-corrected chi connectivity index (χ2v) is 3.83. The van der Waals surface area contributed by atoms with Crippen molar-refractivity contribution in [2.45, 2.75) is 6.92 Å². The largest absolute Gasteiger partial charge is 0.357 e. The highest BCUT2D eigenvalue weighted by Gasteiger charge is 2.10. The van der Waals surface area contributed by atoms with Crippen molar-refractivity contribution in [1.82, 2.24) is 0 Å². The van der Waals surface area contributed by atoms with Gasteiger partial charge in [-0.3, -0.25) is 14.1 Å². The quantitative estimate of drug-likeness (QED) is 0.584. The molecule has 0 amide bonds. The molecule has 5 nitrogen and oxygen atoms in total. The van der Waals surface area contributed by atoms with Crippen LogP contribution < -0.4 is 4.72 Å². The lowest BCUT2D eigenvalue weighted by molar-refractivity contribution is 0.101. The summed E-state index contributed by atoms with van der Waals surface area (Å²) in [5.74, 6) is -0.281. The van der Waals surface area contributed by atoms with Gasteiger partial charge in [0.25, 0.3) is 0 Å². The maximum absolute atomic E-state index is 11.0. The highest BCUT2D eigenvalue weighted by molar-refractivity contribution is 7.87. The molecule has 0 aliphatic rings. The van der Waals surface area contributed by atoms with Gasteiger partial charge in [-0.25, -0.2) is 0 Å². The molecular weight excluding hydrogens is 206 g/mol. The van der Waals surface area contributed by atoms with Gasteiger partial charge in [-0.05, 0) is 19.1 Å². The van der Waals surface area contributed by atoms with Crippen LogP contribution in [0.4, 0.5) is 5.69 Å². The third kappa shape index (κ3) is 2.82. The van der Waals surface area contributed by atoms with Crippen molar-refractivity contribution in [2.75, 3.05) is 4.72 Å². The molecule has 0 saturated carbocycles. The average Bonchev–Trinajstić information content (AvgIpc) is 2.01. The minimum absolute atomic E-state index is 0.0718. The number of carbonyl (C=O) groups is 1. The molecule has 0 aliphatic heterocycles. The Morgan fingerprint density at radius 2 is 1.93 bits per heavy atom. The van der Waals surface area contributed by atoms with Gasteiger partial charge in [0.1, 0.15) is 0 Å². The van der Waals surface area contributed by atoms with Crippen molar-refractivity contribution in [1.29, 1.82) is 0 Å². The number of ketones is 1. The highest BCUT2D eigenvalue weighted by atomic mass is 32.2. The van der Waals surface area contributed by atoms with E-state index in [9.17, 15) is 13.2 Å². The Bertz CT molecular complexity index is 452. The Labute approximate surface area is 81.6 Å². The van der Waals surface area contributed by atoms with Gasteiger partial charge in [0.2, 0.25) is 0 Å². The number of benzene rings is 1. The Kier molecular flexibility index (Phi) is 2.87. The fraction of sp³-hybridized carbons (Fsp3) is 0.125. The third-order valence-electron chi connectivity index (χ3n) is 1.55. The van der Waals surface area contributed by atoms with E-state index in [0.717, 1.165) is 0 Å². The fourth-order valence-electron chi connectivity index (χ4n) is 1.02. The van der Waals surface area contributed by atoms with E-state index < -0.39 is 10.3 Å². The second-order valence-electron chi connectivity index (χ2n) is 2.68. The predicted octanol–water partition coefficient (Wildman–Crippen LogP) is 1.10. The molecule has 1 aromatic rings. The lowest BCUT2D eigenvalue weighted by Crippen LogP contribution is -2.12. The summed E-state index contributed by atoms with van der Waals surface area (Å²) in [5.41, 5.74) is 0.285. The van der Waals surface area contributed by atoms with Crippen LogP contribution in [0.2, 0.25) is 0 Å². The summed E-state index contributed by atoms with van der Waals surface area (Å²) < 4.78 is 31.4. The van der Waals surface area contributed by atoms with Crippen LogP contribution in [0, 0.1) is 0 Å². The van der Waals surface area contributed by atoms with Crippen molar-refractivity contribution in [2.24, 2.45) is 0 Å². The normalized spacial score (nSPS) is 11.0. The molecule has 0 saturated heterocycles. The molecule has 0 bridgehead atoms. The summed E-state index contributed by atoms with van der Waals surface area (Å²) in [4.78, 5) is 11.0. The molecule has 0 atom stereocenters. The van der Waals surface area contributed by atoms with E-state index in [1.807, 2.05) is 4.72 Å². The smallest absolute Gasteiger partial charge is 0.294 e. The SMILES string of the molecule is CC(=O)c1ccccc1NS(=O)(=O)O. The number of Topliss-reactive ketones (excluding diaryl/α,β-unsaturated/α-hetero) is 1. The first kappa shape index (κ1) is 10.7. The van der Waals surface area contributed by atoms with Crippen LogP contribution in [0.5, 0.6) is 0 Å². The molecule has 1 aromatic carbocycles. The van der Waals surface area contributed by atoms with E-state index in [0.29, 0.717) is 0 Å². The van der Waals surface area contributed by atoms with Crippen molar-refractivity contribution in [3.8, 4) is 0 Å². The van der Waals surface area contributed by atoms with E-state index in [-0.39, 0.29) is 17.0 Å². The van der Waals surface area contributed by atoms with Gasteiger partial charge < -0.3 is 0 Å². The van der Waals surface area contributed by atoms with Crippen LogP contribution in [0.1, 0.15) is 17.3 Å². The molecule has 2 N–H and O–H groups in total. The van der Waals surface area contributed by atoms with Gasteiger partial charge >= 0.3 is 10.3 Å². The van der Waals surface area contributed by atoms with E-state index in [1.54, 1.807) is 12.1 Å². The van der Waals surface area contributed by atoms with Crippen molar-refractivity contribution >= 4 is 21.8 Å². The highest BCUT2D eigenvalue weighted by Crippen LogP contribution is 2.16. The predicted molar refractivity (Wildman–Crippen MR) is 51.6 cm³/mol. The van der Waals surface area contributed by atoms with Crippen LogP contribution in [0.3, 0.4) is 0 Å². The molecule has 14 heavy (non-hydrogen) atoms. The maximum atomic E-state index is 11.0. The number of carbonyl (C=O) groups excluding carboxylic acids is 1. The molecule has 0 spiro atoms. The Morgan fingerprint density at radius 3 is 2.43 bits per heavy atom. The second kappa shape index (κ2) is 3.77. The van der Waals surface area contributed by atoms with Crippen LogP contribution in [0.25, 0.3) is 0 Å². The third-order valence-corrected chi connectivity index (χ3v) is 2.02. The fourth-order valence-corrected chi connectivity index (χ4v) is 1.47. The Morgan fingerprint density at radius 1 is 1.36 bits per heavy atom. The molecule has 0 fully saturated rings. The van der Waals surface area contributed by atoms with Crippen LogP contribution in [-0.4, -0.2) is 18.8 Å². The first-order valence-electron chi connectivity index (χ1n) is 3.75. The topological polar surface area (TPSA) is 83.5 Å². The van der Waals surface area contributed by atoms with Gasteiger partial charge in [0, 0.05) is 5.56 Å². The van der Waals surface area contributed by atoms with E-state index in [2.05, 4.69) is 0 Å². The number of nitrogens with one attached hydrogen (secondary N) is 1. The van der Waals surface area contributed by atoms with Gasteiger partial charge in [-0.1, -0.05) is 12.1 Å². The number of para-hydroxylation sites is 1. The zero-order valence-corrected chi connectivity index (χ0v) is 8.21. The number of hydrogen-bond acceptors (Lipinski definition) is 3. The van der Waals surface area contributed by atoms with Crippen LogP contribution in [0.15, 0.2) is 24.3 Å². The molecule has 0 heterocycles. The van der Waals surface area contributed by atoms with Crippen LogP contribution in [-0.2, 0) is 10.3 Å². The number of rotatable bonds is 3. The summed E-state index contributed by atoms with van der Waals surface area (Å²) in [5, 5.41) is 0. The Hall–Kier alpha value is -1.40. The molecule has 76 valence electrons. The standard InChI is InChI=1S/C8H9NO4S/c1-6(10)7-4-2-3-5-8(7)9-14(11,12)13/h2-5,9H,1H3,(H,11,12,13). The molecule has 6 heteroatoms. The van der Waals surface area contributed by atoms with E-state index in [4.69, 9.17) is 4.55 Å². The summed E-state index contributed by atoms with van der Waals surface area (Å²) in [6.45, 7) is 1.31. The van der Waals surface area contributed by atoms with E-state index >= 15 is 0 Å². The van der Waals surface area contributed by atoms with Gasteiger partial charge in [0.15, 0.2) is 5.78 Å². The van der Waals surface area contributed by atoms with Gasteiger partial charge in [-0.15, -0.1) is 0 Å². The lowest BCUT2D eigenvalue weighted by atomic mass is 10.1. The zero-order chi connectivity index (χ0) is 10.8. The van der Waals surface area contributed by atoms with Crippen molar-refractivity contribution in [3.63, 3.8) is 0 Å². The first-order chi connectivity index (χ1) is 6.40. The molecule has 1 rings (SSSR count). The summed E-state index contributed by atoms with van der Waals surface area (Å²) >= 11 is 0. The number of hydrogen-bond donors (Lipinski definition) is 2. The molecular formula is C8H9NO4S. The minimum atomic E-state index is -4.34. The summed E-state index contributed by atoms with van der Waals surface area (Å²) in [6.07, 6.45) is 0. The van der Waals surface area contributed by atoms with Gasteiger partial charge in [-0.2, -0.15) is 8.42 Å². The van der Waals surface area contributed by atoms with E-state index in [1.165, 1.54) is 19.1 Å². The van der Waals surface area contributed by atoms with Crippen molar-refractivity contribution < 1.29 is 17.8 Å². The molecule has 0 radical (unpaired) electrons. The average molecular weight is 215 g/mol. The molecule has 0 aliphatic carbocycles. The number of anilines is 1. The zero-order valence-electron chi connectivity index (χ0n) is 7.39. The summed E-state index contributed by atoms with van der Waals surface area (Å²) in [7, 11) is -4.34.